The number of anilines is 1. The molecule has 0 spiro atoms. The summed E-state index contributed by atoms with van der Waals surface area (Å²) >= 11 is 11.1. The average molecular weight is 375 g/mol. The van der Waals surface area contributed by atoms with Crippen LogP contribution in [-0.4, -0.2) is 17.1 Å². The van der Waals surface area contributed by atoms with Gasteiger partial charge in [-0.1, -0.05) is 23.7 Å². The van der Waals surface area contributed by atoms with Crippen LogP contribution in [-0.2, 0) is 17.1 Å². The van der Waals surface area contributed by atoms with Gasteiger partial charge in [-0.15, -0.1) is 11.8 Å². The van der Waals surface area contributed by atoms with Crippen LogP contribution in [0.5, 0.6) is 0 Å². The zero-order valence-corrected chi connectivity index (χ0v) is 13.9. The third kappa shape index (κ3) is 3.85. The summed E-state index contributed by atoms with van der Waals surface area (Å²) in [6.07, 6.45) is 0. The fourth-order valence-electron chi connectivity index (χ4n) is 1.57. The Hall–Kier alpha value is -0.820. The molecule has 0 fully saturated rings. The maximum atomic E-state index is 6.11. The van der Waals surface area contributed by atoms with Crippen molar-refractivity contribution in [2.75, 3.05) is 12.8 Å². The van der Waals surface area contributed by atoms with E-state index in [2.05, 4.69) is 25.9 Å². The van der Waals surface area contributed by atoms with Gasteiger partial charge in [0.2, 0.25) is 0 Å². The lowest BCUT2D eigenvalue weighted by molar-refractivity contribution is 0.180. The van der Waals surface area contributed by atoms with E-state index in [-0.39, 0.29) is 0 Å². The maximum Gasteiger partial charge on any atom is 0.141 e. The number of rotatable bonds is 5. The number of methoxy groups -OCH3 is 1. The summed E-state index contributed by atoms with van der Waals surface area (Å²) in [5.41, 5.74) is 6.61. The van der Waals surface area contributed by atoms with Crippen LogP contribution in [0.3, 0.4) is 0 Å². The van der Waals surface area contributed by atoms with E-state index in [4.69, 9.17) is 22.1 Å². The number of nitrogens with zero attached hydrogens (tertiary/aromatic N) is 2. The number of hydrogen-bond acceptors (Lipinski definition) is 5. The predicted molar refractivity (Wildman–Crippen MR) is 85.9 cm³/mol. The molecule has 4 nitrogen and oxygen atoms in total. The Morgan fingerprint density at radius 2 is 2.10 bits per heavy atom. The van der Waals surface area contributed by atoms with Crippen molar-refractivity contribution in [1.29, 1.82) is 0 Å². The summed E-state index contributed by atoms with van der Waals surface area (Å²) in [4.78, 5) is 9.69. The second-order valence-corrected chi connectivity index (χ2v) is 6.16. The molecule has 0 radical (unpaired) electrons. The molecule has 20 heavy (non-hydrogen) atoms. The van der Waals surface area contributed by atoms with Gasteiger partial charge in [-0.2, -0.15) is 0 Å². The van der Waals surface area contributed by atoms with E-state index in [1.54, 1.807) is 18.9 Å². The lowest BCUT2D eigenvalue weighted by atomic mass is 10.4. The fourth-order valence-corrected chi connectivity index (χ4v) is 2.95. The maximum absolute atomic E-state index is 6.11. The monoisotopic (exact) mass is 373 g/mol. The zero-order valence-electron chi connectivity index (χ0n) is 10.8. The molecule has 2 rings (SSSR count). The molecule has 0 atom stereocenters. The van der Waals surface area contributed by atoms with Gasteiger partial charge in [0.1, 0.15) is 11.6 Å². The van der Waals surface area contributed by atoms with Crippen LogP contribution < -0.4 is 5.73 Å². The molecule has 106 valence electrons. The molecule has 2 N–H and O–H groups in total. The fraction of sp³-hybridized carbons (Fsp3) is 0.231. The zero-order chi connectivity index (χ0) is 14.5. The van der Waals surface area contributed by atoms with Crippen LogP contribution in [0.1, 0.15) is 11.5 Å². The van der Waals surface area contributed by atoms with Gasteiger partial charge in [-0.3, -0.25) is 0 Å². The molecule has 0 amide bonds. The van der Waals surface area contributed by atoms with Crippen LogP contribution in [0.15, 0.2) is 33.6 Å². The number of ether oxygens (including phenoxy) is 1. The van der Waals surface area contributed by atoms with Crippen molar-refractivity contribution in [3.63, 3.8) is 0 Å². The van der Waals surface area contributed by atoms with E-state index >= 15 is 0 Å². The molecule has 0 saturated heterocycles. The highest BCUT2D eigenvalue weighted by Crippen LogP contribution is 2.30. The largest absolute Gasteiger partial charge is 0.383 e. The Morgan fingerprint density at radius 3 is 2.80 bits per heavy atom. The predicted octanol–water partition coefficient (Wildman–Crippen LogP) is 3.91. The van der Waals surface area contributed by atoms with E-state index in [9.17, 15) is 0 Å². The Kier molecular flexibility index (Phi) is 5.65. The van der Waals surface area contributed by atoms with E-state index in [1.807, 2.05) is 24.3 Å². The summed E-state index contributed by atoms with van der Waals surface area (Å²) in [6.45, 7) is 0.386. The first-order valence-corrected chi connectivity index (χ1v) is 7.94. The van der Waals surface area contributed by atoms with Gasteiger partial charge >= 0.3 is 0 Å². The number of halogens is 2. The molecule has 7 heteroatoms. The molecule has 1 aromatic carbocycles. The van der Waals surface area contributed by atoms with E-state index in [1.165, 1.54) is 0 Å². The molecular formula is C13H13BrClN3OS. The number of thioether (sulfide) groups is 1. The van der Waals surface area contributed by atoms with Crippen LogP contribution in [0.25, 0.3) is 0 Å². The number of benzene rings is 1. The van der Waals surface area contributed by atoms with Crippen LogP contribution in [0.2, 0.25) is 5.02 Å². The molecule has 0 unspecified atom stereocenters. The minimum absolute atomic E-state index is 0.386. The highest BCUT2D eigenvalue weighted by Gasteiger charge is 2.11. The quantitative estimate of drug-likeness (QED) is 0.804. The van der Waals surface area contributed by atoms with Gasteiger partial charge < -0.3 is 10.5 Å². The highest BCUT2D eigenvalue weighted by atomic mass is 79.9. The minimum atomic E-state index is 0.386. The third-order valence-corrected chi connectivity index (χ3v) is 4.84. The molecule has 0 aliphatic heterocycles. The van der Waals surface area contributed by atoms with Crippen molar-refractivity contribution >= 4 is 45.1 Å². The first-order valence-electron chi connectivity index (χ1n) is 5.79. The molecule has 0 aliphatic carbocycles. The second kappa shape index (κ2) is 7.26. The lowest BCUT2D eigenvalue weighted by Gasteiger charge is -2.08. The third-order valence-electron chi connectivity index (χ3n) is 2.47. The first kappa shape index (κ1) is 15.6. The van der Waals surface area contributed by atoms with E-state index in [0.29, 0.717) is 28.5 Å². The normalized spacial score (nSPS) is 10.8. The summed E-state index contributed by atoms with van der Waals surface area (Å²) in [5, 5.41) is 0.722. The van der Waals surface area contributed by atoms with Gasteiger partial charge in [0.05, 0.1) is 27.5 Å². The second-order valence-electron chi connectivity index (χ2n) is 3.94. The smallest absolute Gasteiger partial charge is 0.141 e. The first-order chi connectivity index (χ1) is 9.61. The number of hydrogen-bond donors (Lipinski definition) is 1. The van der Waals surface area contributed by atoms with Gasteiger partial charge in [-0.05, 0) is 28.1 Å². The van der Waals surface area contributed by atoms with Gasteiger partial charge in [0.25, 0.3) is 0 Å². The molecule has 2 aromatic rings. The Bertz CT molecular complexity index is 612. The Labute approximate surface area is 135 Å². The summed E-state index contributed by atoms with van der Waals surface area (Å²) in [7, 11) is 1.61. The van der Waals surface area contributed by atoms with Crippen molar-refractivity contribution in [1.82, 2.24) is 9.97 Å². The van der Waals surface area contributed by atoms with Crippen LogP contribution in [0, 0.1) is 0 Å². The van der Waals surface area contributed by atoms with Crippen molar-refractivity contribution in [3.05, 3.63) is 45.3 Å². The topological polar surface area (TPSA) is 61.0 Å². The summed E-state index contributed by atoms with van der Waals surface area (Å²) in [5.74, 6) is 1.67. The minimum Gasteiger partial charge on any atom is -0.383 e. The average Bonchev–Trinajstić information content (AvgIpc) is 2.43. The molecule has 0 saturated carbocycles. The summed E-state index contributed by atoms with van der Waals surface area (Å²) in [6, 6.07) is 7.67. The van der Waals surface area contributed by atoms with E-state index < -0.39 is 0 Å². The molecule has 1 aromatic heterocycles. The van der Waals surface area contributed by atoms with Gasteiger partial charge in [0, 0.05) is 12.0 Å². The summed E-state index contributed by atoms with van der Waals surface area (Å²) < 4.78 is 5.78. The molecule has 0 aliphatic rings. The number of nitrogen functional groups attached to an aromatic ring is 1. The van der Waals surface area contributed by atoms with Crippen molar-refractivity contribution in [3.8, 4) is 0 Å². The highest BCUT2D eigenvalue weighted by molar-refractivity contribution is 9.10. The number of aromatic nitrogens is 2. The van der Waals surface area contributed by atoms with Gasteiger partial charge in [0.15, 0.2) is 0 Å². The van der Waals surface area contributed by atoms with Gasteiger partial charge in [-0.25, -0.2) is 9.97 Å². The molecule has 0 bridgehead atoms. The SMILES string of the molecule is COCc1nc(CSc2ccccc2Cl)nc(N)c1Br. The van der Waals surface area contributed by atoms with E-state index in [0.717, 1.165) is 15.6 Å². The van der Waals surface area contributed by atoms with Crippen LogP contribution in [0.4, 0.5) is 5.82 Å². The Balaban J connectivity index is 2.16. The lowest BCUT2D eigenvalue weighted by Crippen LogP contribution is -2.05. The van der Waals surface area contributed by atoms with Crippen molar-refractivity contribution in [2.24, 2.45) is 0 Å². The van der Waals surface area contributed by atoms with Crippen molar-refractivity contribution in [2.45, 2.75) is 17.3 Å². The Morgan fingerprint density at radius 1 is 1.35 bits per heavy atom. The van der Waals surface area contributed by atoms with Crippen molar-refractivity contribution < 1.29 is 4.74 Å². The molecule has 1 heterocycles. The number of nitrogens with two attached hydrogens (primary N) is 1. The molecular weight excluding hydrogens is 362 g/mol. The standard InChI is InChI=1S/C13H13BrClN3OS/c1-19-6-9-12(14)13(16)18-11(17-9)7-20-10-5-3-2-4-8(10)15/h2-5H,6-7H2,1H3,(H2,16,17,18). The van der Waals surface area contributed by atoms with Crippen LogP contribution >= 0.6 is 39.3 Å².